The fourth-order valence-corrected chi connectivity index (χ4v) is 4.42. The second kappa shape index (κ2) is 8.40. The summed E-state index contributed by atoms with van der Waals surface area (Å²) in [6.45, 7) is 6.00. The summed E-state index contributed by atoms with van der Waals surface area (Å²) in [4.78, 5) is 19.8. The lowest BCUT2D eigenvalue weighted by molar-refractivity contribution is 0.102. The molecule has 170 valence electrons. The summed E-state index contributed by atoms with van der Waals surface area (Å²) in [6, 6.07) is 10.7. The second-order valence-corrected chi connectivity index (χ2v) is 8.84. The van der Waals surface area contributed by atoms with Crippen LogP contribution >= 0.6 is 0 Å². The Balaban J connectivity index is 1.44. The highest BCUT2D eigenvalue weighted by molar-refractivity contribution is 6.06. The lowest BCUT2D eigenvalue weighted by atomic mass is 10.1. The molecule has 1 amide bonds. The van der Waals surface area contributed by atoms with Crippen molar-refractivity contribution in [3.8, 4) is 11.5 Å². The van der Waals surface area contributed by atoms with Gasteiger partial charge in [-0.25, -0.2) is 9.37 Å². The van der Waals surface area contributed by atoms with E-state index < -0.39 is 11.7 Å². The van der Waals surface area contributed by atoms with Gasteiger partial charge in [-0.3, -0.25) is 4.79 Å². The van der Waals surface area contributed by atoms with Gasteiger partial charge in [0.05, 0.1) is 5.56 Å². The first kappa shape index (κ1) is 21.3. The highest BCUT2D eigenvalue weighted by Gasteiger charge is 2.23. The van der Waals surface area contributed by atoms with Crippen molar-refractivity contribution in [2.45, 2.75) is 32.4 Å². The monoisotopic (exact) mass is 447 g/mol. The van der Waals surface area contributed by atoms with Crippen LogP contribution in [0.1, 0.15) is 42.7 Å². The molecule has 1 unspecified atom stereocenters. The van der Waals surface area contributed by atoms with Gasteiger partial charge in [-0.15, -0.1) is 10.2 Å². The molecule has 0 saturated carbocycles. The van der Waals surface area contributed by atoms with E-state index in [1.165, 1.54) is 6.07 Å². The average molecular weight is 448 g/mol. The summed E-state index contributed by atoms with van der Waals surface area (Å²) in [5.41, 5.74) is 1.43. The van der Waals surface area contributed by atoms with Crippen molar-refractivity contribution in [2.24, 2.45) is 0 Å². The number of carbonyl (C=O) groups excluding carboxylic acids is 1. The van der Waals surface area contributed by atoms with Crippen molar-refractivity contribution in [1.82, 2.24) is 29.2 Å². The molecule has 1 N–H and O–H groups in total. The summed E-state index contributed by atoms with van der Waals surface area (Å²) < 4.78 is 18.9. The Hall–Kier alpha value is -3.59. The molecule has 0 spiro atoms. The number of pyridine rings is 1. The maximum Gasteiger partial charge on any atom is 0.259 e. The zero-order chi connectivity index (χ0) is 23.1. The number of nitrogens with zero attached hydrogens (tertiary/aromatic N) is 6. The van der Waals surface area contributed by atoms with Crippen LogP contribution in [-0.4, -0.2) is 55.3 Å². The smallest absolute Gasteiger partial charge is 0.259 e. The number of aromatic nitrogens is 5. The van der Waals surface area contributed by atoms with Crippen LogP contribution in [0.4, 0.5) is 10.2 Å². The third-order valence-corrected chi connectivity index (χ3v) is 6.16. The molecule has 5 rings (SSSR count). The van der Waals surface area contributed by atoms with Crippen molar-refractivity contribution < 1.29 is 9.18 Å². The highest BCUT2D eigenvalue weighted by atomic mass is 19.1. The number of hydrogen-bond donors (Lipinski definition) is 1. The lowest BCUT2D eigenvalue weighted by Gasteiger charge is -2.15. The van der Waals surface area contributed by atoms with Crippen molar-refractivity contribution in [2.75, 3.05) is 25.5 Å². The molecule has 8 nitrogen and oxygen atoms in total. The number of rotatable bonds is 5. The van der Waals surface area contributed by atoms with E-state index in [0.29, 0.717) is 23.4 Å². The zero-order valence-electron chi connectivity index (χ0n) is 18.9. The maximum atomic E-state index is 14.8. The number of hydrogen-bond acceptors (Lipinski definition) is 5. The molecule has 0 bridgehead atoms. The van der Waals surface area contributed by atoms with E-state index >= 15 is 0 Å². The van der Waals surface area contributed by atoms with E-state index in [1.54, 1.807) is 30.6 Å². The standard InChI is InChI=1S/C24H26FN7O/c1-15(2)32-14-26-29-23(32)20-5-4-6-22(27-20)28-24(33)18-12-21-16(11-19(18)25)7-10-31(21)17-8-9-30(3)13-17/h4-7,10-12,14-15,17H,8-9,13H2,1-3H3,(H,27,28,33). The first-order chi connectivity index (χ1) is 15.9. The van der Waals surface area contributed by atoms with Gasteiger partial charge < -0.3 is 19.4 Å². The first-order valence-electron chi connectivity index (χ1n) is 11.1. The van der Waals surface area contributed by atoms with Crippen molar-refractivity contribution in [3.05, 3.63) is 60.3 Å². The summed E-state index contributed by atoms with van der Waals surface area (Å²) >= 11 is 0. The minimum Gasteiger partial charge on any atom is -0.343 e. The Morgan fingerprint density at radius 1 is 1.24 bits per heavy atom. The topological polar surface area (TPSA) is 80.9 Å². The fourth-order valence-electron chi connectivity index (χ4n) is 4.42. The third kappa shape index (κ3) is 4.00. The zero-order valence-corrected chi connectivity index (χ0v) is 18.9. The van der Waals surface area contributed by atoms with Crippen LogP contribution in [0.15, 0.2) is 48.9 Å². The summed E-state index contributed by atoms with van der Waals surface area (Å²) in [5.74, 6) is -0.172. The van der Waals surface area contributed by atoms with Gasteiger partial charge in [-0.2, -0.15) is 0 Å². The molecule has 1 aliphatic heterocycles. The number of likely N-dealkylation sites (N-methyl/N-ethyl adjacent to an activating group) is 1. The number of amides is 1. The van der Waals surface area contributed by atoms with E-state index in [4.69, 9.17) is 0 Å². The summed E-state index contributed by atoms with van der Waals surface area (Å²) in [7, 11) is 2.09. The number of halogens is 1. The van der Waals surface area contributed by atoms with Gasteiger partial charge in [0.25, 0.3) is 5.91 Å². The number of carbonyl (C=O) groups is 1. The number of anilines is 1. The number of benzene rings is 1. The molecule has 3 aromatic heterocycles. The van der Waals surface area contributed by atoms with Crippen LogP contribution in [0.3, 0.4) is 0 Å². The minimum atomic E-state index is -0.558. The van der Waals surface area contributed by atoms with Crippen molar-refractivity contribution in [3.63, 3.8) is 0 Å². The lowest BCUT2D eigenvalue weighted by Crippen LogP contribution is -2.17. The Kier molecular flexibility index (Phi) is 5.41. The van der Waals surface area contributed by atoms with E-state index in [0.717, 1.165) is 30.4 Å². The van der Waals surface area contributed by atoms with Gasteiger partial charge in [0.15, 0.2) is 5.82 Å². The largest absolute Gasteiger partial charge is 0.343 e. The average Bonchev–Trinajstić information content (AvgIpc) is 3.52. The SMILES string of the molecule is CC(C)n1cnnc1-c1cccc(NC(=O)c2cc3c(ccn3C3CCN(C)C3)cc2F)n1. The van der Waals surface area contributed by atoms with Crippen LogP contribution < -0.4 is 5.32 Å². The Morgan fingerprint density at radius 3 is 2.85 bits per heavy atom. The maximum absolute atomic E-state index is 14.8. The van der Waals surface area contributed by atoms with Crippen LogP contribution in [0.2, 0.25) is 0 Å². The summed E-state index contributed by atoms with van der Waals surface area (Å²) in [6.07, 6.45) is 4.65. The van der Waals surface area contributed by atoms with Gasteiger partial charge in [0.2, 0.25) is 0 Å². The molecular formula is C24H26FN7O. The van der Waals surface area contributed by atoms with E-state index in [9.17, 15) is 9.18 Å². The molecule has 1 aliphatic rings. The molecule has 4 aromatic rings. The van der Waals surface area contributed by atoms with Gasteiger partial charge in [-0.05, 0) is 64.2 Å². The van der Waals surface area contributed by atoms with Crippen LogP contribution in [0.25, 0.3) is 22.4 Å². The number of nitrogens with one attached hydrogen (secondary N) is 1. The highest BCUT2D eigenvalue weighted by Crippen LogP contribution is 2.29. The molecule has 1 fully saturated rings. The molecule has 33 heavy (non-hydrogen) atoms. The minimum absolute atomic E-state index is 0.00801. The van der Waals surface area contributed by atoms with Crippen LogP contribution in [0, 0.1) is 5.82 Å². The van der Waals surface area contributed by atoms with Gasteiger partial charge in [0, 0.05) is 35.7 Å². The van der Waals surface area contributed by atoms with Crippen molar-refractivity contribution >= 4 is 22.6 Å². The van der Waals surface area contributed by atoms with Gasteiger partial charge >= 0.3 is 0 Å². The van der Waals surface area contributed by atoms with Crippen molar-refractivity contribution in [1.29, 1.82) is 0 Å². The molecule has 9 heteroatoms. The Morgan fingerprint density at radius 2 is 2.09 bits per heavy atom. The molecule has 1 atom stereocenters. The van der Waals surface area contributed by atoms with Gasteiger partial charge in [-0.1, -0.05) is 6.07 Å². The first-order valence-corrected chi connectivity index (χ1v) is 11.1. The molecule has 1 saturated heterocycles. The van der Waals surface area contributed by atoms with Gasteiger partial charge in [0.1, 0.15) is 23.7 Å². The molecular weight excluding hydrogens is 421 g/mol. The Labute approximate surface area is 191 Å². The molecule has 0 radical (unpaired) electrons. The predicted molar refractivity (Wildman–Crippen MR) is 125 cm³/mol. The number of fused-ring (bicyclic) bond motifs is 1. The predicted octanol–water partition coefficient (Wildman–Crippen LogP) is 4.14. The second-order valence-electron chi connectivity index (χ2n) is 8.84. The number of likely N-dealkylation sites (tertiary alicyclic amines) is 1. The molecule has 1 aromatic carbocycles. The van der Waals surface area contributed by atoms with E-state index in [1.807, 2.05) is 30.7 Å². The van der Waals surface area contributed by atoms with E-state index in [-0.39, 0.29) is 11.6 Å². The third-order valence-electron chi connectivity index (χ3n) is 6.16. The quantitative estimate of drug-likeness (QED) is 0.497. The van der Waals surface area contributed by atoms with Crippen LogP contribution in [0.5, 0.6) is 0 Å². The van der Waals surface area contributed by atoms with Crippen LogP contribution in [-0.2, 0) is 0 Å². The normalized spacial score (nSPS) is 16.7. The molecule has 4 heterocycles. The fraction of sp³-hybridized carbons (Fsp3) is 0.333. The molecule has 0 aliphatic carbocycles. The Bertz CT molecular complexity index is 1330. The summed E-state index contributed by atoms with van der Waals surface area (Å²) in [5, 5.41) is 11.6. The van der Waals surface area contributed by atoms with E-state index in [2.05, 4.69) is 37.0 Å².